The molecule has 2 aromatic rings. The Balaban J connectivity index is 2.08. The zero-order valence-corrected chi connectivity index (χ0v) is 16.0. The zero-order chi connectivity index (χ0) is 21.1. The SMILES string of the molecule is Cc1ncc(Br)cc1C(=O)OC(=O)NC(C)c1cc(OC(F)(F)F)ccc1F. The quantitative estimate of drug-likeness (QED) is 0.398. The van der Waals surface area contributed by atoms with Crippen LogP contribution in [0, 0.1) is 12.7 Å². The molecule has 0 saturated heterocycles. The summed E-state index contributed by atoms with van der Waals surface area (Å²) in [6.45, 7) is 2.83. The van der Waals surface area contributed by atoms with Crippen LogP contribution < -0.4 is 10.1 Å². The molecule has 28 heavy (non-hydrogen) atoms. The molecule has 0 saturated carbocycles. The molecule has 0 aliphatic heterocycles. The average molecular weight is 465 g/mol. The van der Waals surface area contributed by atoms with Crippen molar-refractivity contribution in [3.8, 4) is 5.75 Å². The Bertz CT molecular complexity index is 905. The molecular weight excluding hydrogens is 452 g/mol. The number of ether oxygens (including phenoxy) is 2. The van der Waals surface area contributed by atoms with Gasteiger partial charge >= 0.3 is 18.4 Å². The highest BCUT2D eigenvalue weighted by atomic mass is 79.9. The Labute approximate surface area is 165 Å². The minimum absolute atomic E-state index is 0.0314. The van der Waals surface area contributed by atoms with Crippen LogP contribution in [0.5, 0.6) is 5.75 Å². The van der Waals surface area contributed by atoms with Gasteiger partial charge in [-0.3, -0.25) is 4.98 Å². The van der Waals surface area contributed by atoms with Crippen LogP contribution in [0.25, 0.3) is 0 Å². The van der Waals surface area contributed by atoms with Gasteiger partial charge in [0.2, 0.25) is 0 Å². The van der Waals surface area contributed by atoms with Crippen molar-refractivity contribution in [3.63, 3.8) is 0 Å². The van der Waals surface area contributed by atoms with E-state index in [9.17, 15) is 27.2 Å². The van der Waals surface area contributed by atoms with E-state index in [-0.39, 0.29) is 11.1 Å². The predicted molar refractivity (Wildman–Crippen MR) is 92.1 cm³/mol. The molecule has 1 amide bonds. The third-order valence-electron chi connectivity index (χ3n) is 3.46. The maximum absolute atomic E-state index is 13.9. The van der Waals surface area contributed by atoms with E-state index in [1.54, 1.807) is 0 Å². The number of amides is 1. The summed E-state index contributed by atoms with van der Waals surface area (Å²) in [5.74, 6) is -2.52. The van der Waals surface area contributed by atoms with Crippen LogP contribution in [0.3, 0.4) is 0 Å². The average Bonchev–Trinajstić information content (AvgIpc) is 2.57. The highest BCUT2D eigenvalue weighted by Crippen LogP contribution is 2.27. The van der Waals surface area contributed by atoms with Gasteiger partial charge in [0.15, 0.2) is 0 Å². The summed E-state index contributed by atoms with van der Waals surface area (Å²) in [5.41, 5.74) is 0.0625. The third-order valence-corrected chi connectivity index (χ3v) is 3.89. The fourth-order valence-corrected chi connectivity index (χ4v) is 2.52. The normalized spacial score (nSPS) is 12.2. The number of esters is 1. The van der Waals surface area contributed by atoms with Crippen LogP contribution >= 0.6 is 15.9 Å². The molecule has 0 spiro atoms. The molecule has 1 atom stereocenters. The number of carbonyl (C=O) groups excluding carboxylic acids is 2. The van der Waals surface area contributed by atoms with Gasteiger partial charge in [-0.05, 0) is 54.0 Å². The first-order chi connectivity index (χ1) is 13.0. The summed E-state index contributed by atoms with van der Waals surface area (Å²) in [6.07, 6.45) is -4.71. The van der Waals surface area contributed by atoms with E-state index in [1.807, 2.05) is 0 Å². The molecule has 1 N–H and O–H groups in total. The number of aryl methyl sites for hydroxylation is 1. The summed E-state index contributed by atoms with van der Waals surface area (Å²) in [7, 11) is 0. The Morgan fingerprint density at radius 3 is 2.57 bits per heavy atom. The Kier molecular flexibility index (Phi) is 6.60. The van der Waals surface area contributed by atoms with Crippen LogP contribution in [0.15, 0.2) is 34.9 Å². The number of halogens is 5. The molecule has 0 aliphatic rings. The smallest absolute Gasteiger partial charge is 0.406 e. The maximum atomic E-state index is 13.9. The third kappa shape index (κ3) is 5.91. The molecule has 150 valence electrons. The first-order valence-electron chi connectivity index (χ1n) is 7.66. The summed E-state index contributed by atoms with van der Waals surface area (Å²) in [4.78, 5) is 27.9. The monoisotopic (exact) mass is 464 g/mol. The second kappa shape index (κ2) is 8.55. The van der Waals surface area contributed by atoms with Crippen molar-refractivity contribution in [2.75, 3.05) is 0 Å². The van der Waals surface area contributed by atoms with Crippen LogP contribution in [0.1, 0.15) is 34.6 Å². The van der Waals surface area contributed by atoms with Gasteiger partial charge in [-0.15, -0.1) is 13.2 Å². The lowest BCUT2D eigenvalue weighted by atomic mass is 10.1. The number of aromatic nitrogens is 1. The van der Waals surface area contributed by atoms with Crippen LogP contribution in [0.4, 0.5) is 22.4 Å². The lowest BCUT2D eigenvalue weighted by molar-refractivity contribution is -0.274. The second-order valence-electron chi connectivity index (χ2n) is 5.56. The van der Waals surface area contributed by atoms with Gasteiger partial charge in [-0.2, -0.15) is 0 Å². The van der Waals surface area contributed by atoms with Gasteiger partial charge in [-0.25, -0.2) is 14.0 Å². The molecule has 1 aromatic heterocycles. The molecule has 0 radical (unpaired) electrons. The molecule has 11 heteroatoms. The van der Waals surface area contributed by atoms with Crippen LogP contribution in [0.2, 0.25) is 0 Å². The lowest BCUT2D eigenvalue weighted by Gasteiger charge is -2.16. The van der Waals surface area contributed by atoms with Gasteiger partial charge in [0.1, 0.15) is 11.6 Å². The van der Waals surface area contributed by atoms with E-state index in [1.165, 1.54) is 26.1 Å². The Morgan fingerprint density at radius 1 is 1.25 bits per heavy atom. The largest absolute Gasteiger partial charge is 0.573 e. The molecule has 6 nitrogen and oxygen atoms in total. The van der Waals surface area contributed by atoms with Crippen molar-refractivity contribution in [3.05, 3.63) is 57.6 Å². The van der Waals surface area contributed by atoms with Crippen molar-refractivity contribution in [2.24, 2.45) is 0 Å². The molecular formula is C17H13BrF4N2O4. The van der Waals surface area contributed by atoms with Crippen molar-refractivity contribution in [2.45, 2.75) is 26.3 Å². The molecule has 1 unspecified atom stereocenters. The number of alkyl halides is 3. The van der Waals surface area contributed by atoms with Crippen LogP contribution in [-0.2, 0) is 4.74 Å². The maximum Gasteiger partial charge on any atom is 0.573 e. The fraction of sp³-hybridized carbons (Fsp3) is 0.235. The molecule has 1 aromatic carbocycles. The number of hydrogen-bond acceptors (Lipinski definition) is 5. The van der Waals surface area contributed by atoms with Crippen molar-refractivity contribution < 1.29 is 36.6 Å². The Morgan fingerprint density at radius 2 is 1.93 bits per heavy atom. The van der Waals surface area contributed by atoms with E-state index in [2.05, 4.69) is 35.7 Å². The molecule has 0 fully saturated rings. The number of alkyl carbamates (subject to hydrolysis) is 1. The standard InChI is InChI=1S/C17H13BrF4N2O4/c1-8-13(5-10(18)7-23-8)15(25)27-16(26)24-9(2)12-6-11(3-4-14(12)19)28-17(20,21)22/h3-7,9H,1-2H3,(H,24,26). The Hall–Kier alpha value is -2.69. The van der Waals surface area contributed by atoms with E-state index in [4.69, 9.17) is 0 Å². The van der Waals surface area contributed by atoms with Crippen molar-refractivity contribution in [1.82, 2.24) is 10.3 Å². The second-order valence-corrected chi connectivity index (χ2v) is 6.48. The number of carbonyl (C=O) groups is 2. The number of hydrogen-bond donors (Lipinski definition) is 1. The number of benzene rings is 1. The first kappa shape index (κ1) is 21.6. The first-order valence-corrected chi connectivity index (χ1v) is 8.45. The molecule has 0 bridgehead atoms. The topological polar surface area (TPSA) is 77.5 Å². The molecule has 0 aliphatic carbocycles. The fourth-order valence-electron chi connectivity index (χ4n) is 2.19. The summed E-state index contributed by atoms with van der Waals surface area (Å²) >= 11 is 3.13. The summed E-state index contributed by atoms with van der Waals surface area (Å²) in [6, 6.07) is 2.64. The minimum atomic E-state index is -4.95. The predicted octanol–water partition coefficient (Wildman–Crippen LogP) is 4.82. The lowest BCUT2D eigenvalue weighted by Crippen LogP contribution is -2.30. The van der Waals surface area contributed by atoms with Crippen LogP contribution in [-0.4, -0.2) is 23.4 Å². The minimum Gasteiger partial charge on any atom is -0.406 e. The molecule has 2 rings (SSSR count). The van der Waals surface area contributed by atoms with E-state index < -0.39 is 36.0 Å². The van der Waals surface area contributed by atoms with E-state index in [0.717, 1.165) is 18.2 Å². The number of nitrogens with zero attached hydrogens (tertiary/aromatic N) is 1. The number of pyridine rings is 1. The van der Waals surface area contributed by atoms with E-state index >= 15 is 0 Å². The number of rotatable bonds is 4. The highest BCUT2D eigenvalue weighted by molar-refractivity contribution is 9.10. The number of nitrogens with one attached hydrogen (secondary N) is 1. The summed E-state index contributed by atoms with van der Waals surface area (Å²) < 4.78 is 59.7. The van der Waals surface area contributed by atoms with Gasteiger partial charge < -0.3 is 14.8 Å². The van der Waals surface area contributed by atoms with Gasteiger partial charge in [0.25, 0.3) is 0 Å². The van der Waals surface area contributed by atoms with Gasteiger partial charge in [0, 0.05) is 16.2 Å². The molecule has 1 heterocycles. The van der Waals surface area contributed by atoms with Crippen molar-refractivity contribution in [1.29, 1.82) is 0 Å². The van der Waals surface area contributed by atoms with Gasteiger partial charge in [0.05, 0.1) is 17.3 Å². The van der Waals surface area contributed by atoms with Gasteiger partial charge in [-0.1, -0.05) is 0 Å². The van der Waals surface area contributed by atoms with Crippen molar-refractivity contribution >= 4 is 28.0 Å². The van der Waals surface area contributed by atoms with E-state index in [0.29, 0.717) is 10.2 Å². The summed E-state index contributed by atoms with van der Waals surface area (Å²) in [5, 5.41) is 2.17. The zero-order valence-electron chi connectivity index (χ0n) is 14.4. The highest BCUT2D eigenvalue weighted by Gasteiger charge is 2.31.